The van der Waals surface area contributed by atoms with E-state index in [1.807, 2.05) is 32.8 Å². The number of aromatic nitrogens is 3. The van der Waals surface area contributed by atoms with Gasteiger partial charge in [0.15, 0.2) is 9.84 Å². The summed E-state index contributed by atoms with van der Waals surface area (Å²) < 4.78 is 23.7. The van der Waals surface area contributed by atoms with E-state index < -0.39 is 9.84 Å². The van der Waals surface area contributed by atoms with Crippen LogP contribution in [0.2, 0.25) is 0 Å². The SMILES string of the molecule is CC(C)c1nc(NCC2CCCS2(=O)=O)nc(N(C)C)n1. The lowest BCUT2D eigenvalue weighted by molar-refractivity contribution is 0.591. The molecule has 0 aromatic carbocycles. The van der Waals surface area contributed by atoms with Crippen LogP contribution in [0.5, 0.6) is 0 Å². The van der Waals surface area contributed by atoms with Gasteiger partial charge in [0.05, 0.1) is 11.0 Å². The van der Waals surface area contributed by atoms with E-state index in [9.17, 15) is 8.42 Å². The van der Waals surface area contributed by atoms with Gasteiger partial charge >= 0.3 is 0 Å². The van der Waals surface area contributed by atoms with Crippen LogP contribution in [-0.2, 0) is 9.84 Å². The van der Waals surface area contributed by atoms with Crippen LogP contribution < -0.4 is 10.2 Å². The number of hydrogen-bond acceptors (Lipinski definition) is 7. The van der Waals surface area contributed by atoms with Gasteiger partial charge in [-0.1, -0.05) is 13.8 Å². The highest BCUT2D eigenvalue weighted by atomic mass is 32.2. The molecule has 0 aliphatic carbocycles. The molecule has 0 radical (unpaired) electrons. The number of anilines is 2. The van der Waals surface area contributed by atoms with E-state index in [0.717, 1.165) is 6.42 Å². The zero-order valence-corrected chi connectivity index (χ0v) is 13.8. The Kier molecular flexibility index (Phi) is 4.65. The van der Waals surface area contributed by atoms with E-state index in [2.05, 4.69) is 20.3 Å². The topological polar surface area (TPSA) is 88.1 Å². The van der Waals surface area contributed by atoms with E-state index >= 15 is 0 Å². The minimum absolute atomic E-state index is 0.183. The summed E-state index contributed by atoms with van der Waals surface area (Å²) >= 11 is 0. The molecule has 1 fully saturated rings. The number of sulfone groups is 1. The molecule has 0 bridgehead atoms. The third-order valence-electron chi connectivity index (χ3n) is 3.51. The van der Waals surface area contributed by atoms with E-state index in [1.165, 1.54) is 0 Å². The molecule has 1 aliphatic heterocycles. The number of rotatable bonds is 5. The van der Waals surface area contributed by atoms with Crippen LogP contribution in [0.1, 0.15) is 38.4 Å². The zero-order chi connectivity index (χ0) is 15.6. The Morgan fingerprint density at radius 3 is 2.52 bits per heavy atom. The molecule has 1 aliphatic rings. The molecule has 0 amide bonds. The van der Waals surface area contributed by atoms with Crippen molar-refractivity contribution in [2.75, 3.05) is 36.6 Å². The van der Waals surface area contributed by atoms with Crippen molar-refractivity contribution in [2.24, 2.45) is 0 Å². The lowest BCUT2D eigenvalue weighted by atomic mass is 10.2. The van der Waals surface area contributed by atoms with Gasteiger partial charge in [0.2, 0.25) is 11.9 Å². The van der Waals surface area contributed by atoms with Crippen molar-refractivity contribution < 1.29 is 8.42 Å². The van der Waals surface area contributed by atoms with Crippen LogP contribution in [0.3, 0.4) is 0 Å². The number of nitrogens with one attached hydrogen (secondary N) is 1. The fourth-order valence-corrected chi connectivity index (χ4v) is 3.98. The summed E-state index contributed by atoms with van der Waals surface area (Å²) in [6, 6.07) is 0. The van der Waals surface area contributed by atoms with Crippen LogP contribution in [-0.4, -0.2) is 55.0 Å². The van der Waals surface area contributed by atoms with Gasteiger partial charge < -0.3 is 10.2 Å². The average Bonchev–Trinajstić information content (AvgIpc) is 2.74. The summed E-state index contributed by atoms with van der Waals surface area (Å²) in [4.78, 5) is 14.9. The molecule has 1 aromatic heterocycles. The van der Waals surface area contributed by atoms with Gasteiger partial charge in [-0.15, -0.1) is 0 Å². The number of hydrogen-bond donors (Lipinski definition) is 1. The van der Waals surface area contributed by atoms with E-state index in [4.69, 9.17) is 0 Å². The van der Waals surface area contributed by atoms with Crippen molar-refractivity contribution in [1.82, 2.24) is 15.0 Å². The van der Waals surface area contributed by atoms with Crippen molar-refractivity contribution >= 4 is 21.7 Å². The quantitative estimate of drug-likeness (QED) is 0.869. The van der Waals surface area contributed by atoms with Gasteiger partial charge in [0.25, 0.3) is 0 Å². The molecule has 7 nitrogen and oxygen atoms in total. The largest absolute Gasteiger partial charge is 0.353 e. The Bertz CT molecular complexity index is 574. The maximum atomic E-state index is 11.8. The van der Waals surface area contributed by atoms with Crippen molar-refractivity contribution in [3.63, 3.8) is 0 Å². The third kappa shape index (κ3) is 3.81. The van der Waals surface area contributed by atoms with Crippen LogP contribution in [0, 0.1) is 0 Å². The lowest BCUT2D eigenvalue weighted by Gasteiger charge is -2.16. The molecule has 2 heterocycles. The Morgan fingerprint density at radius 1 is 1.29 bits per heavy atom. The minimum atomic E-state index is -2.95. The molecule has 1 saturated heterocycles. The first-order chi connectivity index (χ1) is 9.79. The maximum absolute atomic E-state index is 11.8. The fourth-order valence-electron chi connectivity index (χ4n) is 2.21. The van der Waals surface area contributed by atoms with Crippen molar-refractivity contribution in [2.45, 2.75) is 37.9 Å². The highest BCUT2D eigenvalue weighted by molar-refractivity contribution is 7.92. The summed E-state index contributed by atoms with van der Waals surface area (Å²) in [5.41, 5.74) is 0. The summed E-state index contributed by atoms with van der Waals surface area (Å²) in [5, 5.41) is 2.73. The monoisotopic (exact) mass is 313 g/mol. The van der Waals surface area contributed by atoms with Gasteiger partial charge in [-0.05, 0) is 12.8 Å². The second kappa shape index (κ2) is 6.13. The molecule has 1 unspecified atom stereocenters. The molecule has 8 heteroatoms. The molecule has 0 spiro atoms. The van der Waals surface area contributed by atoms with Crippen LogP contribution in [0.15, 0.2) is 0 Å². The van der Waals surface area contributed by atoms with Gasteiger partial charge in [0.1, 0.15) is 5.82 Å². The van der Waals surface area contributed by atoms with Gasteiger partial charge in [-0.2, -0.15) is 15.0 Å². The minimum Gasteiger partial charge on any atom is -0.353 e. The molecule has 118 valence electrons. The first-order valence-corrected chi connectivity index (χ1v) is 8.90. The van der Waals surface area contributed by atoms with E-state index in [0.29, 0.717) is 30.7 Å². The molecule has 1 N–H and O–H groups in total. The van der Waals surface area contributed by atoms with Crippen LogP contribution in [0.4, 0.5) is 11.9 Å². The highest BCUT2D eigenvalue weighted by Gasteiger charge is 2.31. The second-order valence-corrected chi connectivity index (χ2v) is 8.28. The normalized spacial score (nSPS) is 20.7. The maximum Gasteiger partial charge on any atom is 0.229 e. The highest BCUT2D eigenvalue weighted by Crippen LogP contribution is 2.21. The molecule has 1 atom stereocenters. The summed E-state index contributed by atoms with van der Waals surface area (Å²) in [6.45, 7) is 4.39. The number of nitrogens with zero attached hydrogens (tertiary/aromatic N) is 4. The second-order valence-electron chi connectivity index (χ2n) is 5.88. The molecular formula is C13H23N5O2S. The molecule has 21 heavy (non-hydrogen) atoms. The fraction of sp³-hybridized carbons (Fsp3) is 0.769. The first kappa shape index (κ1) is 15.9. The van der Waals surface area contributed by atoms with E-state index in [-0.39, 0.29) is 16.9 Å². The summed E-state index contributed by atoms with van der Waals surface area (Å²) in [7, 11) is 0.777. The van der Waals surface area contributed by atoms with E-state index in [1.54, 1.807) is 0 Å². The Balaban J connectivity index is 2.15. The molecule has 2 rings (SSSR count). The smallest absolute Gasteiger partial charge is 0.229 e. The zero-order valence-electron chi connectivity index (χ0n) is 13.0. The Hall–Kier alpha value is -1.44. The molecule has 0 saturated carbocycles. The van der Waals surface area contributed by atoms with Crippen LogP contribution >= 0.6 is 0 Å². The van der Waals surface area contributed by atoms with Gasteiger partial charge in [0, 0.05) is 26.6 Å². The van der Waals surface area contributed by atoms with Crippen molar-refractivity contribution in [3.8, 4) is 0 Å². The molecule has 1 aromatic rings. The van der Waals surface area contributed by atoms with Gasteiger partial charge in [-0.25, -0.2) is 8.42 Å². The predicted octanol–water partition coefficient (Wildman–Crippen LogP) is 1.05. The van der Waals surface area contributed by atoms with Gasteiger partial charge in [-0.3, -0.25) is 0 Å². The Morgan fingerprint density at radius 2 is 2.00 bits per heavy atom. The summed E-state index contributed by atoms with van der Waals surface area (Å²) in [5.74, 6) is 2.19. The predicted molar refractivity (Wildman–Crippen MR) is 83.5 cm³/mol. The Labute approximate surface area is 126 Å². The van der Waals surface area contributed by atoms with Crippen LogP contribution in [0.25, 0.3) is 0 Å². The summed E-state index contributed by atoms with van der Waals surface area (Å²) in [6.07, 6.45) is 1.45. The third-order valence-corrected chi connectivity index (χ3v) is 5.78. The van der Waals surface area contributed by atoms with Crippen molar-refractivity contribution in [1.29, 1.82) is 0 Å². The lowest BCUT2D eigenvalue weighted by Crippen LogP contribution is -2.26. The molecular weight excluding hydrogens is 290 g/mol. The van der Waals surface area contributed by atoms with Crippen molar-refractivity contribution in [3.05, 3.63) is 5.82 Å². The standard InChI is InChI=1S/C13H23N5O2S/c1-9(2)11-15-12(17-13(16-11)18(3)4)14-8-10-6-5-7-21(10,19)20/h9-10H,5-8H2,1-4H3,(H,14,15,16,17). The first-order valence-electron chi connectivity index (χ1n) is 7.18. The average molecular weight is 313 g/mol.